The zero-order valence-electron chi connectivity index (χ0n) is 17.6. The smallest absolute Gasteiger partial charge is 0.241 e. The highest BCUT2D eigenvalue weighted by Crippen LogP contribution is 2.40. The highest BCUT2D eigenvalue weighted by atomic mass is 19.1. The number of rotatable bonds is 10. The van der Waals surface area contributed by atoms with Gasteiger partial charge in [-0.05, 0) is 37.4 Å². The summed E-state index contributed by atoms with van der Waals surface area (Å²) in [6.07, 6.45) is 0.177. The second-order valence-electron chi connectivity index (χ2n) is 6.60. The van der Waals surface area contributed by atoms with Gasteiger partial charge in [-0.2, -0.15) is 5.26 Å². The van der Waals surface area contributed by atoms with E-state index in [1.54, 1.807) is 27.3 Å². The molecule has 2 aromatic carbocycles. The molecule has 0 unspecified atom stereocenters. The molecule has 2 rings (SSSR count). The van der Waals surface area contributed by atoms with Crippen molar-refractivity contribution >= 4 is 11.6 Å². The van der Waals surface area contributed by atoms with Crippen molar-refractivity contribution < 1.29 is 23.4 Å². The number of nitrogens with zero attached hydrogens (tertiary/aromatic N) is 3. The zero-order chi connectivity index (χ0) is 22.1. The zero-order valence-corrected chi connectivity index (χ0v) is 17.6. The summed E-state index contributed by atoms with van der Waals surface area (Å²) in [6.45, 7) is 0.750. The lowest BCUT2D eigenvalue weighted by Crippen LogP contribution is -2.39. The van der Waals surface area contributed by atoms with Crippen molar-refractivity contribution in [2.24, 2.45) is 0 Å². The number of nitriles is 1. The topological polar surface area (TPSA) is 75.0 Å². The molecule has 1 amide bonds. The van der Waals surface area contributed by atoms with Crippen LogP contribution in [0.15, 0.2) is 36.4 Å². The number of halogens is 1. The molecule has 0 aliphatic carbocycles. The molecule has 0 spiro atoms. The third kappa shape index (κ3) is 5.61. The first-order valence-corrected chi connectivity index (χ1v) is 9.34. The first-order valence-electron chi connectivity index (χ1n) is 9.34. The highest BCUT2D eigenvalue weighted by molar-refractivity contribution is 5.94. The van der Waals surface area contributed by atoms with Gasteiger partial charge in [0.25, 0.3) is 0 Å². The van der Waals surface area contributed by atoms with Crippen molar-refractivity contribution in [2.75, 3.05) is 46.4 Å². The molecule has 0 saturated heterocycles. The summed E-state index contributed by atoms with van der Waals surface area (Å²) in [6, 6.07) is 11.3. The number of amides is 1. The van der Waals surface area contributed by atoms with E-state index < -0.39 is 0 Å². The van der Waals surface area contributed by atoms with E-state index in [1.807, 2.05) is 17.0 Å². The van der Waals surface area contributed by atoms with Crippen LogP contribution in [0.1, 0.15) is 12.0 Å². The Labute approximate surface area is 176 Å². The average Bonchev–Trinajstić information content (AvgIpc) is 2.74. The molecular weight excluding hydrogens is 389 g/mol. The highest BCUT2D eigenvalue weighted by Gasteiger charge is 2.20. The third-order valence-corrected chi connectivity index (χ3v) is 4.52. The van der Waals surface area contributed by atoms with Crippen LogP contribution in [0.2, 0.25) is 0 Å². The molecule has 2 aromatic rings. The van der Waals surface area contributed by atoms with Crippen molar-refractivity contribution in [3.05, 3.63) is 47.8 Å². The van der Waals surface area contributed by atoms with Gasteiger partial charge >= 0.3 is 0 Å². The Morgan fingerprint density at radius 2 is 1.70 bits per heavy atom. The molecule has 0 radical (unpaired) electrons. The summed E-state index contributed by atoms with van der Waals surface area (Å²) in [5.74, 6) is 0.994. The van der Waals surface area contributed by atoms with Crippen LogP contribution in [0, 0.1) is 17.1 Å². The van der Waals surface area contributed by atoms with Crippen molar-refractivity contribution in [2.45, 2.75) is 13.0 Å². The van der Waals surface area contributed by atoms with Crippen molar-refractivity contribution in [3.63, 3.8) is 0 Å². The van der Waals surface area contributed by atoms with E-state index in [0.29, 0.717) is 29.5 Å². The minimum absolute atomic E-state index is 0.0975. The van der Waals surface area contributed by atoms with E-state index in [1.165, 1.54) is 36.3 Å². The fourth-order valence-corrected chi connectivity index (χ4v) is 3.13. The second kappa shape index (κ2) is 11.0. The standard InChI is InChI=1S/C22H26FN3O4/c1-25(14-16-6-11-19(28-2)22(30-4)21(16)29-3)15-20(27)26(13-5-12-24)18-9-7-17(23)8-10-18/h6-11H,5,13-15H2,1-4H3. The molecule has 0 bridgehead atoms. The number of methoxy groups -OCH3 is 3. The Morgan fingerprint density at radius 1 is 1.03 bits per heavy atom. The Hall–Kier alpha value is -3.31. The summed E-state index contributed by atoms with van der Waals surface area (Å²) in [7, 11) is 6.44. The van der Waals surface area contributed by atoms with Gasteiger partial charge in [-0.1, -0.05) is 6.07 Å². The van der Waals surface area contributed by atoms with Crippen LogP contribution in [-0.2, 0) is 11.3 Å². The van der Waals surface area contributed by atoms with Gasteiger partial charge < -0.3 is 19.1 Å². The van der Waals surface area contributed by atoms with Crippen LogP contribution in [0.25, 0.3) is 0 Å². The van der Waals surface area contributed by atoms with E-state index >= 15 is 0 Å². The molecule has 0 aliphatic rings. The Morgan fingerprint density at radius 3 is 2.27 bits per heavy atom. The van der Waals surface area contributed by atoms with Gasteiger partial charge in [0.05, 0.1) is 40.4 Å². The molecule has 0 atom stereocenters. The van der Waals surface area contributed by atoms with Crippen LogP contribution < -0.4 is 19.1 Å². The van der Waals surface area contributed by atoms with Gasteiger partial charge in [0.2, 0.25) is 11.7 Å². The van der Waals surface area contributed by atoms with E-state index in [0.717, 1.165) is 5.56 Å². The Kier molecular flexibility index (Phi) is 8.44. The summed E-state index contributed by atoms with van der Waals surface area (Å²) in [5, 5.41) is 8.92. The monoisotopic (exact) mass is 415 g/mol. The Balaban J connectivity index is 2.17. The summed E-state index contributed by atoms with van der Waals surface area (Å²) < 4.78 is 29.4. The normalized spacial score (nSPS) is 10.4. The van der Waals surface area contributed by atoms with E-state index in [9.17, 15) is 9.18 Å². The molecule has 160 valence electrons. The third-order valence-electron chi connectivity index (χ3n) is 4.52. The minimum Gasteiger partial charge on any atom is -0.493 e. The van der Waals surface area contributed by atoms with E-state index in [4.69, 9.17) is 19.5 Å². The van der Waals surface area contributed by atoms with Crippen molar-refractivity contribution in [1.29, 1.82) is 5.26 Å². The summed E-state index contributed by atoms with van der Waals surface area (Å²) in [5.41, 5.74) is 1.38. The number of anilines is 1. The van der Waals surface area contributed by atoms with Gasteiger partial charge in [-0.15, -0.1) is 0 Å². The molecule has 7 nitrogen and oxygen atoms in total. The fourth-order valence-electron chi connectivity index (χ4n) is 3.13. The minimum atomic E-state index is -0.385. The second-order valence-corrected chi connectivity index (χ2v) is 6.60. The Bertz CT molecular complexity index is 896. The number of carbonyl (C=O) groups is 1. The first-order chi connectivity index (χ1) is 14.4. The molecular formula is C22H26FN3O4. The van der Waals surface area contributed by atoms with Crippen molar-refractivity contribution in [1.82, 2.24) is 4.90 Å². The molecule has 0 aromatic heterocycles. The molecule has 0 aliphatic heterocycles. The maximum atomic E-state index is 13.2. The lowest BCUT2D eigenvalue weighted by molar-refractivity contribution is -0.119. The van der Waals surface area contributed by atoms with Crippen LogP contribution >= 0.6 is 0 Å². The fraction of sp³-hybridized carbons (Fsp3) is 0.364. The van der Waals surface area contributed by atoms with Gasteiger partial charge in [0.15, 0.2) is 11.5 Å². The number of hydrogen-bond donors (Lipinski definition) is 0. The molecule has 30 heavy (non-hydrogen) atoms. The largest absolute Gasteiger partial charge is 0.493 e. The molecule has 0 fully saturated rings. The van der Waals surface area contributed by atoms with Gasteiger partial charge in [0.1, 0.15) is 5.82 Å². The van der Waals surface area contributed by atoms with Crippen LogP contribution in [0.4, 0.5) is 10.1 Å². The number of likely N-dealkylation sites (N-methyl/N-ethyl adjacent to an activating group) is 1. The summed E-state index contributed by atoms with van der Waals surface area (Å²) in [4.78, 5) is 16.2. The van der Waals surface area contributed by atoms with E-state index in [2.05, 4.69) is 0 Å². The molecule has 0 saturated carbocycles. The number of benzene rings is 2. The quantitative estimate of drug-likeness (QED) is 0.593. The van der Waals surface area contributed by atoms with Crippen LogP contribution in [-0.4, -0.2) is 52.3 Å². The van der Waals surface area contributed by atoms with Crippen molar-refractivity contribution in [3.8, 4) is 23.3 Å². The van der Waals surface area contributed by atoms with Crippen LogP contribution in [0.5, 0.6) is 17.2 Å². The SMILES string of the molecule is COc1ccc(CN(C)CC(=O)N(CCC#N)c2ccc(F)cc2)c(OC)c1OC. The lowest BCUT2D eigenvalue weighted by atomic mass is 10.1. The predicted octanol–water partition coefficient (Wildman–Crippen LogP) is 3.23. The molecule has 0 heterocycles. The average molecular weight is 415 g/mol. The first kappa shape index (κ1) is 23.0. The molecule has 8 heteroatoms. The predicted molar refractivity (Wildman–Crippen MR) is 111 cm³/mol. The number of ether oxygens (including phenoxy) is 3. The summed E-state index contributed by atoms with van der Waals surface area (Å²) >= 11 is 0. The van der Waals surface area contributed by atoms with Gasteiger partial charge in [-0.25, -0.2) is 4.39 Å². The molecule has 0 N–H and O–H groups in total. The van der Waals surface area contributed by atoms with Gasteiger partial charge in [-0.3, -0.25) is 9.69 Å². The number of carbonyl (C=O) groups excluding carboxylic acids is 1. The van der Waals surface area contributed by atoms with Crippen LogP contribution in [0.3, 0.4) is 0 Å². The lowest BCUT2D eigenvalue weighted by Gasteiger charge is -2.25. The van der Waals surface area contributed by atoms with Gasteiger partial charge in [0, 0.05) is 24.3 Å². The maximum Gasteiger partial charge on any atom is 0.241 e. The number of hydrogen-bond acceptors (Lipinski definition) is 6. The van der Waals surface area contributed by atoms with E-state index in [-0.39, 0.29) is 31.2 Å². The maximum absolute atomic E-state index is 13.2.